The number of nitrogen functional groups attached to an aromatic ring is 2. The minimum atomic E-state index is 0.180. The highest BCUT2D eigenvalue weighted by Crippen LogP contribution is 2.34. The number of nitrogens with two attached hydrogens (primary N) is 2. The molecule has 0 aliphatic heterocycles. The Morgan fingerprint density at radius 2 is 1.53 bits per heavy atom. The van der Waals surface area contributed by atoms with Gasteiger partial charge in [0.2, 0.25) is 0 Å². The van der Waals surface area contributed by atoms with Gasteiger partial charge < -0.3 is 16.6 Å². The fourth-order valence-corrected chi connectivity index (χ4v) is 1.52. The van der Waals surface area contributed by atoms with Gasteiger partial charge in [0.05, 0.1) is 0 Å². The van der Waals surface area contributed by atoms with Gasteiger partial charge in [0.25, 0.3) is 0 Å². The van der Waals surface area contributed by atoms with Crippen molar-refractivity contribution in [3.8, 4) is 16.9 Å². The molecule has 0 heterocycles. The highest BCUT2D eigenvalue weighted by atomic mass is 16.3. The van der Waals surface area contributed by atoms with Crippen LogP contribution < -0.4 is 11.5 Å². The lowest BCUT2D eigenvalue weighted by Crippen LogP contribution is -1.90. The minimum absolute atomic E-state index is 0.180. The summed E-state index contributed by atoms with van der Waals surface area (Å²) in [6.45, 7) is 0. The zero-order valence-corrected chi connectivity index (χ0v) is 8.14. The van der Waals surface area contributed by atoms with Gasteiger partial charge in [0, 0.05) is 16.9 Å². The van der Waals surface area contributed by atoms with Crippen LogP contribution in [0.5, 0.6) is 5.75 Å². The Bertz CT molecular complexity index is 457. The zero-order valence-electron chi connectivity index (χ0n) is 8.14. The van der Waals surface area contributed by atoms with E-state index < -0.39 is 0 Å². The number of phenolic OH excluding ortho intramolecular Hbond substituents is 1. The number of anilines is 2. The molecule has 0 amide bonds. The van der Waals surface area contributed by atoms with Crippen LogP contribution in [0.3, 0.4) is 0 Å². The molecule has 0 spiro atoms. The lowest BCUT2D eigenvalue weighted by Gasteiger charge is -2.08. The van der Waals surface area contributed by atoms with E-state index in [-0.39, 0.29) is 5.75 Å². The first kappa shape index (κ1) is 9.40. The average molecular weight is 200 g/mol. The molecule has 0 bridgehead atoms. The predicted molar refractivity (Wildman–Crippen MR) is 62.4 cm³/mol. The lowest BCUT2D eigenvalue weighted by atomic mass is 10.0. The van der Waals surface area contributed by atoms with Crippen LogP contribution in [0.15, 0.2) is 42.5 Å². The molecule has 2 aromatic carbocycles. The molecule has 2 aromatic rings. The largest absolute Gasteiger partial charge is 0.507 e. The number of rotatable bonds is 1. The molecule has 3 heteroatoms. The maximum absolute atomic E-state index is 9.70. The topological polar surface area (TPSA) is 72.3 Å². The van der Waals surface area contributed by atoms with Crippen molar-refractivity contribution in [3.05, 3.63) is 42.5 Å². The van der Waals surface area contributed by atoms with Crippen LogP contribution in [0, 0.1) is 0 Å². The summed E-state index contributed by atoms with van der Waals surface area (Å²) in [6.07, 6.45) is 0. The molecular weight excluding hydrogens is 188 g/mol. The number of hydrogen-bond donors (Lipinski definition) is 3. The molecule has 3 nitrogen and oxygen atoms in total. The second kappa shape index (κ2) is 3.53. The molecule has 0 aliphatic carbocycles. The fraction of sp³-hybridized carbons (Fsp3) is 0. The lowest BCUT2D eigenvalue weighted by molar-refractivity contribution is 0.477. The van der Waals surface area contributed by atoms with E-state index in [4.69, 9.17) is 11.5 Å². The van der Waals surface area contributed by atoms with Gasteiger partial charge in [-0.25, -0.2) is 0 Å². The monoisotopic (exact) mass is 200 g/mol. The Kier molecular flexibility index (Phi) is 2.21. The molecule has 0 radical (unpaired) electrons. The van der Waals surface area contributed by atoms with Crippen LogP contribution in [0.25, 0.3) is 11.1 Å². The summed E-state index contributed by atoms with van der Waals surface area (Å²) in [5.41, 5.74) is 14.1. The summed E-state index contributed by atoms with van der Waals surface area (Å²) < 4.78 is 0. The predicted octanol–water partition coefficient (Wildman–Crippen LogP) is 2.22. The molecule has 15 heavy (non-hydrogen) atoms. The zero-order chi connectivity index (χ0) is 10.8. The summed E-state index contributed by atoms with van der Waals surface area (Å²) in [5.74, 6) is 0.180. The van der Waals surface area contributed by atoms with Gasteiger partial charge >= 0.3 is 0 Å². The molecule has 0 aromatic heterocycles. The van der Waals surface area contributed by atoms with Crippen LogP contribution in [-0.4, -0.2) is 5.11 Å². The van der Waals surface area contributed by atoms with E-state index in [1.54, 1.807) is 30.3 Å². The molecule has 0 fully saturated rings. The molecule has 0 aliphatic rings. The van der Waals surface area contributed by atoms with E-state index in [0.717, 1.165) is 5.56 Å². The molecule has 76 valence electrons. The van der Waals surface area contributed by atoms with Gasteiger partial charge in [0.1, 0.15) is 5.75 Å². The number of aromatic hydroxyl groups is 1. The van der Waals surface area contributed by atoms with Crippen LogP contribution >= 0.6 is 0 Å². The van der Waals surface area contributed by atoms with Crippen LogP contribution in [0.1, 0.15) is 0 Å². The quantitative estimate of drug-likeness (QED) is 0.618. The Hall–Kier alpha value is -2.16. The van der Waals surface area contributed by atoms with E-state index >= 15 is 0 Å². The average Bonchev–Trinajstić information content (AvgIpc) is 2.20. The first-order valence-electron chi connectivity index (χ1n) is 4.62. The van der Waals surface area contributed by atoms with Gasteiger partial charge in [-0.2, -0.15) is 0 Å². The summed E-state index contributed by atoms with van der Waals surface area (Å²) in [5, 5.41) is 9.70. The second-order valence-electron chi connectivity index (χ2n) is 3.36. The van der Waals surface area contributed by atoms with Crippen molar-refractivity contribution in [2.24, 2.45) is 0 Å². The summed E-state index contributed by atoms with van der Waals surface area (Å²) >= 11 is 0. The number of benzene rings is 2. The fourth-order valence-electron chi connectivity index (χ4n) is 1.52. The van der Waals surface area contributed by atoms with Gasteiger partial charge in [-0.05, 0) is 29.8 Å². The van der Waals surface area contributed by atoms with E-state index in [0.29, 0.717) is 16.9 Å². The molecule has 2 rings (SSSR count). The van der Waals surface area contributed by atoms with Crippen molar-refractivity contribution in [3.63, 3.8) is 0 Å². The highest BCUT2D eigenvalue weighted by molar-refractivity contribution is 5.82. The molecule has 0 unspecified atom stereocenters. The third-order valence-electron chi connectivity index (χ3n) is 2.27. The Morgan fingerprint density at radius 3 is 2.13 bits per heavy atom. The summed E-state index contributed by atoms with van der Waals surface area (Å²) in [4.78, 5) is 0. The maximum atomic E-state index is 9.70. The van der Waals surface area contributed by atoms with Crippen LogP contribution in [-0.2, 0) is 0 Å². The van der Waals surface area contributed by atoms with E-state index in [1.807, 2.05) is 12.1 Å². The van der Waals surface area contributed by atoms with Crippen molar-refractivity contribution in [1.82, 2.24) is 0 Å². The third kappa shape index (κ3) is 1.72. The summed E-state index contributed by atoms with van der Waals surface area (Å²) in [7, 11) is 0. The minimum Gasteiger partial charge on any atom is -0.507 e. The van der Waals surface area contributed by atoms with E-state index in [1.165, 1.54) is 0 Å². The number of phenols is 1. The van der Waals surface area contributed by atoms with Crippen molar-refractivity contribution < 1.29 is 5.11 Å². The molecule has 0 saturated heterocycles. The normalized spacial score (nSPS) is 10.1. The van der Waals surface area contributed by atoms with Crippen LogP contribution in [0.4, 0.5) is 11.4 Å². The van der Waals surface area contributed by atoms with Gasteiger partial charge in [-0.3, -0.25) is 0 Å². The smallest absolute Gasteiger partial charge is 0.125 e. The van der Waals surface area contributed by atoms with Gasteiger partial charge in [0.15, 0.2) is 0 Å². The highest BCUT2D eigenvalue weighted by Gasteiger charge is 2.07. The Labute approximate surface area is 88.0 Å². The maximum Gasteiger partial charge on any atom is 0.125 e. The number of hydrogen-bond acceptors (Lipinski definition) is 3. The van der Waals surface area contributed by atoms with Crippen molar-refractivity contribution >= 4 is 11.4 Å². The molecule has 5 N–H and O–H groups in total. The standard InChI is InChI=1S/C12H12N2O/c13-9-6-4-8(5-7-9)12-10(14)2-1-3-11(12)15/h1-7,15H,13-14H2. The molecule has 0 saturated carbocycles. The van der Waals surface area contributed by atoms with Gasteiger partial charge in [-0.15, -0.1) is 0 Å². The first-order chi connectivity index (χ1) is 7.18. The van der Waals surface area contributed by atoms with Crippen molar-refractivity contribution in [2.45, 2.75) is 0 Å². The Morgan fingerprint density at radius 1 is 0.867 bits per heavy atom. The second-order valence-corrected chi connectivity index (χ2v) is 3.36. The van der Waals surface area contributed by atoms with Crippen molar-refractivity contribution in [2.75, 3.05) is 11.5 Å². The summed E-state index contributed by atoms with van der Waals surface area (Å²) in [6, 6.07) is 12.3. The molecular formula is C12H12N2O. The van der Waals surface area contributed by atoms with Gasteiger partial charge in [-0.1, -0.05) is 18.2 Å². The van der Waals surface area contributed by atoms with E-state index in [2.05, 4.69) is 0 Å². The first-order valence-corrected chi connectivity index (χ1v) is 4.62. The molecule has 0 atom stereocenters. The van der Waals surface area contributed by atoms with Crippen LogP contribution in [0.2, 0.25) is 0 Å². The van der Waals surface area contributed by atoms with E-state index in [9.17, 15) is 5.11 Å². The van der Waals surface area contributed by atoms with Crippen molar-refractivity contribution in [1.29, 1.82) is 0 Å². The SMILES string of the molecule is Nc1ccc(-c2c(N)cccc2O)cc1. The third-order valence-corrected chi connectivity index (χ3v) is 2.27. The Balaban J connectivity index is 2.58.